The van der Waals surface area contributed by atoms with Crippen molar-refractivity contribution in [1.82, 2.24) is 10.3 Å². The van der Waals surface area contributed by atoms with Gasteiger partial charge in [-0.25, -0.2) is 4.98 Å². The van der Waals surface area contributed by atoms with Gasteiger partial charge in [0, 0.05) is 25.8 Å². The first-order chi connectivity index (χ1) is 8.58. The van der Waals surface area contributed by atoms with E-state index in [1.54, 1.807) is 0 Å². The molecule has 0 bridgehead atoms. The lowest BCUT2D eigenvalue weighted by molar-refractivity contribution is 0.597. The van der Waals surface area contributed by atoms with E-state index >= 15 is 0 Å². The zero-order chi connectivity index (χ0) is 13.5. The molecule has 0 saturated carbocycles. The summed E-state index contributed by atoms with van der Waals surface area (Å²) in [7, 11) is 1.97. The van der Waals surface area contributed by atoms with Crippen molar-refractivity contribution in [2.45, 2.75) is 26.8 Å². The number of nitriles is 1. The van der Waals surface area contributed by atoms with Gasteiger partial charge in [0.25, 0.3) is 0 Å². The minimum absolute atomic E-state index is 0.00615. The summed E-state index contributed by atoms with van der Waals surface area (Å²) in [6, 6.07) is 6.67. The first-order valence-electron chi connectivity index (χ1n) is 6.38. The third-order valence-electron chi connectivity index (χ3n) is 2.94. The van der Waals surface area contributed by atoms with E-state index in [1.807, 2.05) is 31.1 Å². The topological polar surface area (TPSA) is 52.0 Å². The molecule has 0 aliphatic rings. The monoisotopic (exact) mass is 246 g/mol. The molecule has 1 N–H and O–H groups in total. The van der Waals surface area contributed by atoms with Crippen molar-refractivity contribution in [3.8, 4) is 6.07 Å². The van der Waals surface area contributed by atoms with Crippen LogP contribution in [-0.4, -0.2) is 25.1 Å². The number of rotatable bonds is 6. The van der Waals surface area contributed by atoms with Gasteiger partial charge in [-0.15, -0.1) is 0 Å². The van der Waals surface area contributed by atoms with Crippen molar-refractivity contribution in [1.29, 1.82) is 5.26 Å². The average Bonchev–Trinajstić information content (AvgIpc) is 2.39. The fourth-order valence-corrected chi connectivity index (χ4v) is 1.88. The number of hydrogen-bond acceptors (Lipinski definition) is 4. The quantitative estimate of drug-likeness (QED) is 0.837. The van der Waals surface area contributed by atoms with E-state index in [0.717, 1.165) is 12.4 Å². The van der Waals surface area contributed by atoms with E-state index in [-0.39, 0.29) is 5.92 Å². The maximum atomic E-state index is 8.84. The van der Waals surface area contributed by atoms with Crippen LogP contribution in [0.25, 0.3) is 0 Å². The van der Waals surface area contributed by atoms with Crippen LogP contribution < -0.4 is 10.2 Å². The molecule has 0 aromatic carbocycles. The van der Waals surface area contributed by atoms with Crippen LogP contribution in [-0.2, 0) is 0 Å². The van der Waals surface area contributed by atoms with Gasteiger partial charge in [0.2, 0.25) is 0 Å². The summed E-state index contributed by atoms with van der Waals surface area (Å²) >= 11 is 0. The summed E-state index contributed by atoms with van der Waals surface area (Å²) in [6.07, 6.45) is 1.83. The van der Waals surface area contributed by atoms with Crippen LogP contribution in [0.15, 0.2) is 18.3 Å². The van der Waals surface area contributed by atoms with Crippen LogP contribution in [0.2, 0.25) is 0 Å². The summed E-state index contributed by atoms with van der Waals surface area (Å²) in [5.41, 5.74) is 1.22. The normalized spacial score (nSPS) is 13.7. The van der Waals surface area contributed by atoms with E-state index in [1.165, 1.54) is 5.56 Å². The van der Waals surface area contributed by atoms with Gasteiger partial charge in [-0.3, -0.25) is 0 Å². The van der Waals surface area contributed by atoms with Crippen LogP contribution in [0.5, 0.6) is 0 Å². The molecule has 0 radical (unpaired) electrons. The molecule has 2 atom stereocenters. The van der Waals surface area contributed by atoms with Gasteiger partial charge in [-0.2, -0.15) is 5.26 Å². The third-order valence-corrected chi connectivity index (χ3v) is 2.94. The van der Waals surface area contributed by atoms with Gasteiger partial charge in [0.05, 0.1) is 12.0 Å². The van der Waals surface area contributed by atoms with Gasteiger partial charge in [-0.1, -0.05) is 6.92 Å². The van der Waals surface area contributed by atoms with E-state index in [2.05, 4.69) is 36.3 Å². The number of pyridine rings is 1. The lowest BCUT2D eigenvalue weighted by Gasteiger charge is -2.21. The molecule has 1 aromatic heterocycles. The van der Waals surface area contributed by atoms with E-state index < -0.39 is 0 Å². The second-order valence-corrected chi connectivity index (χ2v) is 4.64. The number of hydrogen-bond donors (Lipinski definition) is 1. The first kappa shape index (κ1) is 14.5. The fraction of sp³-hybridized carbons (Fsp3) is 0.571. The van der Waals surface area contributed by atoms with Crippen molar-refractivity contribution in [3.05, 3.63) is 23.9 Å². The third kappa shape index (κ3) is 4.01. The lowest BCUT2D eigenvalue weighted by atomic mass is 10.1. The van der Waals surface area contributed by atoms with Gasteiger partial charge in [-0.05, 0) is 38.1 Å². The summed E-state index contributed by atoms with van der Waals surface area (Å²) in [4.78, 5) is 6.38. The second-order valence-electron chi connectivity index (χ2n) is 4.64. The molecule has 1 rings (SSSR count). The van der Waals surface area contributed by atoms with Crippen molar-refractivity contribution >= 4 is 5.82 Å². The largest absolute Gasteiger partial charge is 0.358 e. The molecule has 1 aromatic rings. The number of anilines is 1. The first-order valence-corrected chi connectivity index (χ1v) is 6.38. The Balaban J connectivity index is 2.78. The summed E-state index contributed by atoms with van der Waals surface area (Å²) in [5, 5.41) is 12.2. The highest BCUT2D eigenvalue weighted by Crippen LogP contribution is 2.17. The molecule has 0 spiro atoms. The van der Waals surface area contributed by atoms with Gasteiger partial charge < -0.3 is 10.2 Å². The highest BCUT2D eigenvalue weighted by molar-refractivity contribution is 5.41. The molecule has 0 fully saturated rings. The molecule has 2 unspecified atom stereocenters. The van der Waals surface area contributed by atoms with Crippen LogP contribution >= 0.6 is 0 Å². The van der Waals surface area contributed by atoms with E-state index in [0.29, 0.717) is 12.6 Å². The van der Waals surface area contributed by atoms with Gasteiger partial charge >= 0.3 is 0 Å². The van der Waals surface area contributed by atoms with Crippen molar-refractivity contribution < 1.29 is 0 Å². The Morgan fingerprint density at radius 3 is 2.83 bits per heavy atom. The number of nitrogens with zero attached hydrogens (tertiary/aromatic N) is 3. The summed E-state index contributed by atoms with van der Waals surface area (Å²) in [5.74, 6) is 0.922. The standard InChI is InChI=1S/C14H22N4/c1-5-16-12(3)13-6-7-17-14(8-13)18(4)10-11(2)9-15/h6-8,11-12,16H,5,10H2,1-4H3. The molecular weight excluding hydrogens is 224 g/mol. The van der Waals surface area contributed by atoms with Crippen LogP contribution in [0.4, 0.5) is 5.82 Å². The van der Waals surface area contributed by atoms with Crippen LogP contribution in [0, 0.1) is 17.2 Å². The Morgan fingerprint density at radius 2 is 2.22 bits per heavy atom. The average molecular weight is 246 g/mol. The minimum Gasteiger partial charge on any atom is -0.358 e. The molecular formula is C14H22N4. The predicted octanol–water partition coefficient (Wildman–Crippen LogP) is 2.35. The second kappa shape index (κ2) is 6.97. The smallest absolute Gasteiger partial charge is 0.128 e. The van der Waals surface area contributed by atoms with Crippen LogP contribution in [0.1, 0.15) is 32.4 Å². The maximum absolute atomic E-state index is 8.84. The molecule has 4 heteroatoms. The molecule has 0 aliphatic carbocycles. The van der Waals surface area contributed by atoms with E-state index in [4.69, 9.17) is 5.26 Å². The molecule has 0 aliphatic heterocycles. The summed E-state index contributed by atoms with van der Waals surface area (Å²) < 4.78 is 0. The van der Waals surface area contributed by atoms with Crippen molar-refractivity contribution in [2.75, 3.05) is 25.0 Å². The summed E-state index contributed by atoms with van der Waals surface area (Å²) in [6.45, 7) is 7.80. The molecule has 4 nitrogen and oxygen atoms in total. The lowest BCUT2D eigenvalue weighted by Crippen LogP contribution is -2.25. The molecule has 98 valence electrons. The molecule has 0 saturated heterocycles. The van der Waals surface area contributed by atoms with Crippen molar-refractivity contribution in [2.24, 2.45) is 5.92 Å². The highest BCUT2D eigenvalue weighted by atomic mass is 15.2. The van der Waals surface area contributed by atoms with Gasteiger partial charge in [0.1, 0.15) is 5.82 Å². The Bertz CT molecular complexity index is 411. The van der Waals surface area contributed by atoms with Gasteiger partial charge in [0.15, 0.2) is 0 Å². The molecule has 1 heterocycles. The SMILES string of the molecule is CCNC(C)c1ccnc(N(C)CC(C)C#N)c1. The van der Waals surface area contributed by atoms with Crippen LogP contribution in [0.3, 0.4) is 0 Å². The Morgan fingerprint density at radius 1 is 1.50 bits per heavy atom. The fourth-order valence-electron chi connectivity index (χ4n) is 1.88. The highest BCUT2D eigenvalue weighted by Gasteiger charge is 2.10. The number of aromatic nitrogens is 1. The maximum Gasteiger partial charge on any atom is 0.128 e. The van der Waals surface area contributed by atoms with Crippen molar-refractivity contribution in [3.63, 3.8) is 0 Å². The Labute approximate surface area is 110 Å². The molecule has 18 heavy (non-hydrogen) atoms. The zero-order valence-electron chi connectivity index (χ0n) is 11.6. The minimum atomic E-state index is 0.00615. The predicted molar refractivity (Wildman–Crippen MR) is 74.4 cm³/mol. The Hall–Kier alpha value is -1.60. The zero-order valence-corrected chi connectivity index (χ0v) is 11.6. The van der Waals surface area contributed by atoms with E-state index in [9.17, 15) is 0 Å². The Kier molecular flexibility index (Phi) is 5.60. The molecule has 0 amide bonds. The number of nitrogens with one attached hydrogen (secondary N) is 1.